The lowest BCUT2D eigenvalue weighted by Gasteiger charge is -2.24. The van der Waals surface area contributed by atoms with Gasteiger partial charge < -0.3 is 15.2 Å². The highest BCUT2D eigenvalue weighted by Crippen LogP contribution is 2.12. The van der Waals surface area contributed by atoms with Crippen LogP contribution in [0.1, 0.15) is 33.6 Å². The van der Waals surface area contributed by atoms with Crippen LogP contribution in [0.4, 0.5) is 4.79 Å². The molecule has 1 rings (SSSR count). The van der Waals surface area contributed by atoms with Gasteiger partial charge in [0.15, 0.2) is 0 Å². The Hall–Kier alpha value is -1.03. The number of alkyl carbamates (subject to hydrolysis) is 1. The molecule has 86 valence electrons. The van der Waals surface area contributed by atoms with E-state index in [1.165, 1.54) is 0 Å². The number of hydrogen-bond donors (Lipinski definition) is 2. The number of nitrogens with one attached hydrogen (secondary N) is 1. The van der Waals surface area contributed by atoms with Crippen molar-refractivity contribution in [2.45, 2.75) is 51.4 Å². The Morgan fingerprint density at radius 2 is 2.07 bits per heavy atom. The fourth-order valence-corrected chi connectivity index (χ4v) is 1.38. The van der Waals surface area contributed by atoms with Gasteiger partial charge in [-0.2, -0.15) is 0 Å². The molecular formula is C11H19NO3. The first-order valence-electron chi connectivity index (χ1n) is 5.23. The summed E-state index contributed by atoms with van der Waals surface area (Å²) in [7, 11) is 0. The van der Waals surface area contributed by atoms with Crippen LogP contribution in [0.2, 0.25) is 0 Å². The van der Waals surface area contributed by atoms with E-state index in [0.29, 0.717) is 6.42 Å². The standard InChI is InChI=1S/C11H19NO3/c1-11(2,3)15-10(14)12-8-4-6-9(13)7-5-8/h4,6,8-9,13H,5,7H2,1-3H3,(H,12,14)/t8-,9-/m0/s1. The van der Waals surface area contributed by atoms with E-state index < -0.39 is 11.7 Å². The molecule has 0 unspecified atom stereocenters. The molecular weight excluding hydrogens is 194 g/mol. The zero-order valence-corrected chi connectivity index (χ0v) is 9.49. The summed E-state index contributed by atoms with van der Waals surface area (Å²) in [5.74, 6) is 0. The van der Waals surface area contributed by atoms with Gasteiger partial charge in [0.2, 0.25) is 0 Å². The predicted octanol–water partition coefficient (Wildman–Crippen LogP) is 1.59. The van der Waals surface area contributed by atoms with Crippen molar-refractivity contribution in [1.29, 1.82) is 0 Å². The normalized spacial score (nSPS) is 26.1. The van der Waals surface area contributed by atoms with Crippen LogP contribution >= 0.6 is 0 Å². The van der Waals surface area contributed by atoms with Gasteiger partial charge in [-0.3, -0.25) is 0 Å². The molecule has 0 heterocycles. The Bertz CT molecular complexity index is 255. The van der Waals surface area contributed by atoms with E-state index in [9.17, 15) is 9.90 Å². The monoisotopic (exact) mass is 213 g/mol. The van der Waals surface area contributed by atoms with Crippen LogP contribution in [0.15, 0.2) is 12.2 Å². The molecule has 0 fully saturated rings. The molecule has 2 atom stereocenters. The highest BCUT2D eigenvalue weighted by Gasteiger charge is 2.20. The van der Waals surface area contributed by atoms with Crippen molar-refractivity contribution < 1.29 is 14.6 Å². The minimum absolute atomic E-state index is 0.0248. The third-order valence-electron chi connectivity index (χ3n) is 2.04. The lowest BCUT2D eigenvalue weighted by Crippen LogP contribution is -2.39. The number of hydrogen-bond acceptors (Lipinski definition) is 3. The second-order valence-electron chi connectivity index (χ2n) is 4.78. The molecule has 2 N–H and O–H groups in total. The number of carbonyl (C=O) groups excluding carboxylic acids is 1. The Labute approximate surface area is 90.3 Å². The van der Waals surface area contributed by atoms with E-state index in [-0.39, 0.29) is 12.1 Å². The van der Waals surface area contributed by atoms with E-state index in [2.05, 4.69) is 5.32 Å². The van der Waals surface area contributed by atoms with Crippen molar-refractivity contribution in [3.05, 3.63) is 12.2 Å². The maximum atomic E-state index is 11.4. The van der Waals surface area contributed by atoms with E-state index >= 15 is 0 Å². The number of amides is 1. The van der Waals surface area contributed by atoms with Gasteiger partial charge in [0.25, 0.3) is 0 Å². The van der Waals surface area contributed by atoms with Gasteiger partial charge in [0.1, 0.15) is 5.60 Å². The van der Waals surface area contributed by atoms with E-state index in [1.54, 1.807) is 12.2 Å². The van der Waals surface area contributed by atoms with Gasteiger partial charge in [0, 0.05) is 0 Å². The van der Waals surface area contributed by atoms with E-state index in [4.69, 9.17) is 4.74 Å². The lowest BCUT2D eigenvalue weighted by molar-refractivity contribution is 0.0506. The molecule has 4 nitrogen and oxygen atoms in total. The number of ether oxygens (including phenoxy) is 1. The number of carbonyl (C=O) groups is 1. The van der Waals surface area contributed by atoms with Gasteiger partial charge in [-0.1, -0.05) is 12.2 Å². The summed E-state index contributed by atoms with van der Waals surface area (Å²) in [5.41, 5.74) is -0.470. The number of aliphatic hydroxyl groups is 1. The highest BCUT2D eigenvalue weighted by atomic mass is 16.6. The molecule has 0 aromatic carbocycles. The first-order valence-corrected chi connectivity index (χ1v) is 5.23. The van der Waals surface area contributed by atoms with Crippen LogP contribution < -0.4 is 5.32 Å². The minimum atomic E-state index is -0.470. The molecule has 0 aromatic heterocycles. The largest absolute Gasteiger partial charge is 0.444 e. The summed E-state index contributed by atoms with van der Waals surface area (Å²) in [6.45, 7) is 5.48. The number of aliphatic hydroxyl groups excluding tert-OH is 1. The molecule has 0 saturated heterocycles. The van der Waals surface area contributed by atoms with Crippen molar-refractivity contribution in [2.24, 2.45) is 0 Å². The molecule has 0 saturated carbocycles. The first kappa shape index (κ1) is 12.0. The van der Waals surface area contributed by atoms with Gasteiger partial charge in [-0.05, 0) is 33.6 Å². The van der Waals surface area contributed by atoms with Crippen LogP contribution in [0.25, 0.3) is 0 Å². The van der Waals surface area contributed by atoms with Crippen LogP contribution in [0, 0.1) is 0 Å². The Morgan fingerprint density at radius 3 is 2.53 bits per heavy atom. The van der Waals surface area contributed by atoms with Crippen molar-refractivity contribution in [3.63, 3.8) is 0 Å². The van der Waals surface area contributed by atoms with Gasteiger partial charge in [-0.15, -0.1) is 0 Å². The van der Waals surface area contributed by atoms with E-state index in [1.807, 2.05) is 20.8 Å². The van der Waals surface area contributed by atoms with Gasteiger partial charge in [0.05, 0.1) is 12.1 Å². The Balaban J connectivity index is 2.36. The van der Waals surface area contributed by atoms with Crippen molar-refractivity contribution in [3.8, 4) is 0 Å². The fourth-order valence-electron chi connectivity index (χ4n) is 1.38. The maximum absolute atomic E-state index is 11.4. The summed E-state index contributed by atoms with van der Waals surface area (Å²) in [6, 6.07) is -0.0248. The van der Waals surface area contributed by atoms with Gasteiger partial charge in [-0.25, -0.2) is 4.79 Å². The highest BCUT2D eigenvalue weighted by molar-refractivity contribution is 5.68. The summed E-state index contributed by atoms with van der Waals surface area (Å²) in [4.78, 5) is 11.4. The topological polar surface area (TPSA) is 58.6 Å². The molecule has 1 amide bonds. The Kier molecular flexibility index (Phi) is 3.74. The predicted molar refractivity (Wildman–Crippen MR) is 57.5 cm³/mol. The SMILES string of the molecule is CC(C)(C)OC(=O)N[C@H]1C=C[C@H](O)CC1. The van der Waals surface area contributed by atoms with E-state index in [0.717, 1.165) is 6.42 Å². The third-order valence-corrected chi connectivity index (χ3v) is 2.04. The Morgan fingerprint density at radius 1 is 1.40 bits per heavy atom. The molecule has 0 bridgehead atoms. The minimum Gasteiger partial charge on any atom is -0.444 e. The molecule has 0 aromatic rings. The molecule has 15 heavy (non-hydrogen) atoms. The second kappa shape index (κ2) is 4.66. The molecule has 0 spiro atoms. The fraction of sp³-hybridized carbons (Fsp3) is 0.727. The molecule has 0 aliphatic heterocycles. The van der Waals surface area contributed by atoms with Crippen LogP contribution in [0.3, 0.4) is 0 Å². The summed E-state index contributed by atoms with van der Waals surface area (Å²) in [6.07, 6.45) is 4.15. The molecule has 1 aliphatic carbocycles. The van der Waals surface area contributed by atoms with Crippen LogP contribution in [0.5, 0.6) is 0 Å². The maximum Gasteiger partial charge on any atom is 0.408 e. The average molecular weight is 213 g/mol. The van der Waals surface area contributed by atoms with Crippen molar-refractivity contribution >= 4 is 6.09 Å². The zero-order valence-electron chi connectivity index (χ0n) is 9.49. The number of rotatable bonds is 1. The molecule has 4 heteroatoms. The molecule has 0 radical (unpaired) electrons. The van der Waals surface area contributed by atoms with Crippen LogP contribution in [-0.2, 0) is 4.74 Å². The van der Waals surface area contributed by atoms with Crippen molar-refractivity contribution in [2.75, 3.05) is 0 Å². The summed E-state index contributed by atoms with van der Waals surface area (Å²) in [5, 5.41) is 12.0. The van der Waals surface area contributed by atoms with Crippen molar-refractivity contribution in [1.82, 2.24) is 5.32 Å². The molecule has 1 aliphatic rings. The first-order chi connectivity index (χ1) is 6.87. The van der Waals surface area contributed by atoms with Gasteiger partial charge >= 0.3 is 6.09 Å². The summed E-state index contributed by atoms with van der Waals surface area (Å²) >= 11 is 0. The average Bonchev–Trinajstić information content (AvgIpc) is 2.05. The third kappa shape index (κ3) is 4.83. The summed E-state index contributed by atoms with van der Waals surface area (Å²) < 4.78 is 5.12. The lowest BCUT2D eigenvalue weighted by atomic mass is 10.0. The van der Waals surface area contributed by atoms with Crippen LogP contribution in [-0.4, -0.2) is 28.9 Å². The zero-order chi connectivity index (χ0) is 11.5. The smallest absolute Gasteiger partial charge is 0.408 e. The quantitative estimate of drug-likeness (QED) is 0.650. The second-order valence-corrected chi connectivity index (χ2v) is 4.78.